The fourth-order valence-corrected chi connectivity index (χ4v) is 2.49. The molecule has 5 heteroatoms. The number of aliphatic carboxylic acids is 1. The third kappa shape index (κ3) is 3.57. The van der Waals surface area contributed by atoms with Crippen LogP contribution >= 0.6 is 11.3 Å². The lowest BCUT2D eigenvalue weighted by atomic mass is 9.79. The lowest BCUT2D eigenvalue weighted by molar-refractivity contribution is -0.152. The van der Waals surface area contributed by atoms with Gasteiger partial charge in [0.25, 0.3) is 0 Å². The Morgan fingerprint density at radius 1 is 1.39 bits per heavy atom. The zero-order chi connectivity index (χ0) is 13.6. The molecule has 2 N–H and O–H groups in total. The van der Waals surface area contributed by atoms with E-state index in [0.717, 1.165) is 4.88 Å². The zero-order valence-corrected chi connectivity index (χ0v) is 11.5. The van der Waals surface area contributed by atoms with Gasteiger partial charge in [-0.3, -0.25) is 9.59 Å². The highest BCUT2D eigenvalue weighted by atomic mass is 32.1. The molecule has 0 aliphatic heterocycles. The van der Waals surface area contributed by atoms with E-state index in [9.17, 15) is 14.7 Å². The molecule has 4 nitrogen and oxygen atoms in total. The molecule has 0 aliphatic rings. The highest BCUT2D eigenvalue weighted by Crippen LogP contribution is 2.30. The van der Waals surface area contributed by atoms with Crippen LogP contribution in [0.15, 0.2) is 17.5 Å². The summed E-state index contributed by atoms with van der Waals surface area (Å²) in [4.78, 5) is 24.1. The van der Waals surface area contributed by atoms with E-state index < -0.39 is 11.4 Å². The van der Waals surface area contributed by atoms with Crippen LogP contribution in [0.2, 0.25) is 0 Å². The highest BCUT2D eigenvalue weighted by Gasteiger charge is 2.36. The van der Waals surface area contributed by atoms with Gasteiger partial charge in [-0.2, -0.15) is 0 Å². The second kappa shape index (κ2) is 6.54. The lowest BCUT2D eigenvalue weighted by Crippen LogP contribution is -2.36. The first-order valence-electron chi connectivity index (χ1n) is 6.06. The predicted molar refractivity (Wildman–Crippen MR) is 71.4 cm³/mol. The van der Waals surface area contributed by atoms with Gasteiger partial charge in [-0.1, -0.05) is 19.9 Å². The van der Waals surface area contributed by atoms with Crippen LogP contribution in [0.1, 0.15) is 38.0 Å². The van der Waals surface area contributed by atoms with Gasteiger partial charge in [0.05, 0.1) is 12.0 Å². The van der Waals surface area contributed by atoms with Crippen LogP contribution in [-0.2, 0) is 16.1 Å². The third-order valence-corrected chi connectivity index (χ3v) is 4.22. The van der Waals surface area contributed by atoms with E-state index in [-0.39, 0.29) is 12.3 Å². The maximum atomic E-state index is 11.8. The summed E-state index contributed by atoms with van der Waals surface area (Å²) >= 11 is 1.57. The molecular weight excluding hydrogens is 250 g/mol. The average molecular weight is 269 g/mol. The number of carboxylic acid groups (broad SMARTS) is 1. The van der Waals surface area contributed by atoms with Crippen LogP contribution in [0.25, 0.3) is 0 Å². The molecule has 1 rings (SSSR count). The SMILES string of the molecule is CCC(CC)(CC(=O)NCc1cccs1)C(=O)O. The molecule has 0 spiro atoms. The van der Waals surface area contributed by atoms with Gasteiger partial charge in [0.15, 0.2) is 0 Å². The van der Waals surface area contributed by atoms with Crippen LogP contribution in [0.4, 0.5) is 0 Å². The molecule has 0 saturated carbocycles. The van der Waals surface area contributed by atoms with Crippen molar-refractivity contribution in [1.82, 2.24) is 5.32 Å². The van der Waals surface area contributed by atoms with Gasteiger partial charge in [0, 0.05) is 11.3 Å². The van der Waals surface area contributed by atoms with Gasteiger partial charge in [0.2, 0.25) is 5.91 Å². The molecule has 1 aromatic rings. The summed E-state index contributed by atoms with van der Waals surface area (Å²) in [5.74, 6) is -1.09. The van der Waals surface area contributed by atoms with Gasteiger partial charge in [-0.15, -0.1) is 11.3 Å². The number of carbonyl (C=O) groups is 2. The largest absolute Gasteiger partial charge is 0.481 e. The molecule has 0 fully saturated rings. The van der Waals surface area contributed by atoms with Crippen LogP contribution in [0.5, 0.6) is 0 Å². The Balaban J connectivity index is 2.54. The first-order chi connectivity index (χ1) is 8.54. The van der Waals surface area contributed by atoms with Crippen molar-refractivity contribution in [1.29, 1.82) is 0 Å². The molecule has 100 valence electrons. The first kappa shape index (κ1) is 14.7. The third-order valence-electron chi connectivity index (χ3n) is 3.35. The quantitative estimate of drug-likeness (QED) is 0.799. The van der Waals surface area contributed by atoms with Crippen molar-refractivity contribution in [3.63, 3.8) is 0 Å². The minimum absolute atomic E-state index is 0.0424. The molecule has 0 saturated heterocycles. The van der Waals surface area contributed by atoms with Crippen molar-refractivity contribution >= 4 is 23.2 Å². The van der Waals surface area contributed by atoms with Crippen molar-refractivity contribution in [2.75, 3.05) is 0 Å². The standard InChI is InChI=1S/C13H19NO3S/c1-3-13(4-2,12(16)17)8-11(15)14-9-10-6-5-7-18-10/h5-7H,3-4,8-9H2,1-2H3,(H,14,15)(H,16,17). The second-order valence-corrected chi connectivity index (χ2v) is 5.36. The fourth-order valence-electron chi connectivity index (χ4n) is 1.85. The number of thiophene rings is 1. The molecule has 1 amide bonds. The van der Waals surface area contributed by atoms with Gasteiger partial charge in [0.1, 0.15) is 0 Å². The average Bonchev–Trinajstić information content (AvgIpc) is 2.86. The Kier molecular flexibility index (Phi) is 5.34. The van der Waals surface area contributed by atoms with E-state index in [1.165, 1.54) is 0 Å². The van der Waals surface area contributed by atoms with Gasteiger partial charge in [-0.05, 0) is 24.3 Å². The van der Waals surface area contributed by atoms with Crippen molar-refractivity contribution in [2.45, 2.75) is 39.7 Å². The summed E-state index contributed by atoms with van der Waals surface area (Å²) in [6.07, 6.45) is 0.969. The Bertz CT molecular complexity index is 396. The van der Waals surface area contributed by atoms with Crippen LogP contribution in [0, 0.1) is 5.41 Å². The van der Waals surface area contributed by atoms with Crippen molar-refractivity contribution in [3.8, 4) is 0 Å². The summed E-state index contributed by atoms with van der Waals surface area (Å²) in [5.41, 5.74) is -0.931. The van der Waals surface area contributed by atoms with E-state index in [1.807, 2.05) is 31.4 Å². The number of carbonyl (C=O) groups excluding carboxylic acids is 1. The second-order valence-electron chi connectivity index (χ2n) is 4.33. The van der Waals surface area contributed by atoms with E-state index >= 15 is 0 Å². The van der Waals surface area contributed by atoms with Crippen LogP contribution in [-0.4, -0.2) is 17.0 Å². The number of hydrogen-bond acceptors (Lipinski definition) is 3. The van der Waals surface area contributed by atoms with Crippen molar-refractivity contribution < 1.29 is 14.7 Å². The van der Waals surface area contributed by atoms with Gasteiger partial charge in [-0.25, -0.2) is 0 Å². The van der Waals surface area contributed by atoms with Crippen LogP contribution in [0.3, 0.4) is 0 Å². The molecule has 1 aromatic heterocycles. The summed E-state index contributed by atoms with van der Waals surface area (Å²) in [6, 6.07) is 3.86. The smallest absolute Gasteiger partial charge is 0.310 e. The van der Waals surface area contributed by atoms with Crippen molar-refractivity contribution in [2.24, 2.45) is 5.41 Å². The Hall–Kier alpha value is -1.36. The maximum Gasteiger partial charge on any atom is 0.310 e. The summed E-state index contributed by atoms with van der Waals surface area (Å²) in [6.45, 7) is 4.09. The molecule has 0 radical (unpaired) electrons. The monoisotopic (exact) mass is 269 g/mol. The van der Waals surface area contributed by atoms with E-state index in [1.54, 1.807) is 11.3 Å². The summed E-state index contributed by atoms with van der Waals surface area (Å²) < 4.78 is 0. The Morgan fingerprint density at radius 3 is 2.50 bits per heavy atom. The predicted octanol–water partition coefficient (Wildman–Crippen LogP) is 2.65. The molecule has 0 bridgehead atoms. The van der Waals surface area contributed by atoms with Crippen molar-refractivity contribution in [3.05, 3.63) is 22.4 Å². The van der Waals surface area contributed by atoms with E-state index in [0.29, 0.717) is 19.4 Å². The Morgan fingerprint density at radius 2 is 2.06 bits per heavy atom. The first-order valence-corrected chi connectivity index (χ1v) is 6.94. The fraction of sp³-hybridized carbons (Fsp3) is 0.538. The molecule has 1 heterocycles. The Labute approximate surface area is 111 Å². The van der Waals surface area contributed by atoms with Gasteiger partial charge >= 0.3 is 5.97 Å². The molecule has 0 unspecified atom stereocenters. The molecule has 0 atom stereocenters. The highest BCUT2D eigenvalue weighted by molar-refractivity contribution is 7.09. The maximum absolute atomic E-state index is 11.8. The number of rotatable bonds is 7. The molecular formula is C13H19NO3S. The lowest BCUT2D eigenvalue weighted by Gasteiger charge is -2.25. The van der Waals surface area contributed by atoms with E-state index in [2.05, 4.69) is 5.32 Å². The summed E-state index contributed by atoms with van der Waals surface area (Å²) in [7, 11) is 0. The molecule has 18 heavy (non-hydrogen) atoms. The number of carboxylic acids is 1. The normalized spacial score (nSPS) is 11.2. The summed E-state index contributed by atoms with van der Waals surface area (Å²) in [5, 5.41) is 14.0. The zero-order valence-electron chi connectivity index (χ0n) is 10.7. The number of nitrogens with one attached hydrogen (secondary N) is 1. The molecule has 0 aliphatic carbocycles. The number of amides is 1. The van der Waals surface area contributed by atoms with Crippen LogP contribution < -0.4 is 5.32 Å². The van der Waals surface area contributed by atoms with E-state index in [4.69, 9.17) is 0 Å². The topological polar surface area (TPSA) is 66.4 Å². The minimum atomic E-state index is -0.931. The van der Waals surface area contributed by atoms with Gasteiger partial charge < -0.3 is 10.4 Å². The molecule has 0 aromatic carbocycles. The minimum Gasteiger partial charge on any atom is -0.481 e. The number of hydrogen-bond donors (Lipinski definition) is 2.